The standard InChI is InChI=1S/C16H22N2O3/c1-12-3-2-4-13(17-12)9-18-10-14(15(19)20)16(11-18)5-7-21-8-6-16/h2-4,14H,5-11H2,1H3,(H,19,20). The quantitative estimate of drug-likeness (QED) is 0.918. The van der Waals surface area contributed by atoms with E-state index in [4.69, 9.17) is 4.74 Å². The maximum absolute atomic E-state index is 11.6. The Hall–Kier alpha value is -1.46. The molecule has 1 aromatic rings. The van der Waals surface area contributed by atoms with Crippen molar-refractivity contribution in [2.75, 3.05) is 26.3 Å². The molecular formula is C16H22N2O3. The Morgan fingerprint density at radius 3 is 2.90 bits per heavy atom. The van der Waals surface area contributed by atoms with Crippen LogP contribution < -0.4 is 0 Å². The molecule has 1 spiro atoms. The smallest absolute Gasteiger partial charge is 0.308 e. The predicted molar refractivity (Wildman–Crippen MR) is 77.9 cm³/mol. The molecule has 1 unspecified atom stereocenters. The molecule has 0 bridgehead atoms. The maximum Gasteiger partial charge on any atom is 0.308 e. The highest BCUT2D eigenvalue weighted by molar-refractivity contribution is 5.72. The minimum Gasteiger partial charge on any atom is -0.481 e. The van der Waals surface area contributed by atoms with E-state index in [1.165, 1.54) is 0 Å². The number of likely N-dealkylation sites (tertiary alicyclic amines) is 1. The van der Waals surface area contributed by atoms with Crippen molar-refractivity contribution in [3.8, 4) is 0 Å². The Balaban J connectivity index is 1.75. The second-order valence-electron chi connectivity index (χ2n) is 6.31. The number of aryl methyl sites for hydroxylation is 1. The van der Waals surface area contributed by atoms with Crippen molar-refractivity contribution in [1.29, 1.82) is 0 Å². The first-order valence-electron chi connectivity index (χ1n) is 7.54. The number of pyridine rings is 1. The maximum atomic E-state index is 11.6. The van der Waals surface area contributed by atoms with Crippen molar-refractivity contribution in [2.24, 2.45) is 11.3 Å². The minimum absolute atomic E-state index is 0.117. The highest BCUT2D eigenvalue weighted by Gasteiger charge is 2.50. The third-order valence-corrected chi connectivity index (χ3v) is 4.84. The zero-order chi connectivity index (χ0) is 14.9. The summed E-state index contributed by atoms with van der Waals surface area (Å²) < 4.78 is 5.43. The van der Waals surface area contributed by atoms with E-state index in [-0.39, 0.29) is 11.3 Å². The summed E-state index contributed by atoms with van der Waals surface area (Å²) in [6.07, 6.45) is 1.70. The van der Waals surface area contributed by atoms with Crippen molar-refractivity contribution in [2.45, 2.75) is 26.3 Å². The number of nitrogens with zero attached hydrogens (tertiary/aromatic N) is 2. The molecule has 3 heterocycles. The summed E-state index contributed by atoms with van der Waals surface area (Å²) in [7, 11) is 0. The monoisotopic (exact) mass is 290 g/mol. The van der Waals surface area contributed by atoms with Crippen molar-refractivity contribution in [1.82, 2.24) is 9.88 Å². The lowest BCUT2D eigenvalue weighted by atomic mass is 9.72. The zero-order valence-corrected chi connectivity index (χ0v) is 12.4. The fourth-order valence-corrected chi connectivity index (χ4v) is 3.73. The molecule has 1 atom stereocenters. The minimum atomic E-state index is -0.670. The number of ether oxygens (including phenoxy) is 1. The molecule has 0 aliphatic carbocycles. The van der Waals surface area contributed by atoms with Gasteiger partial charge in [-0.15, -0.1) is 0 Å². The van der Waals surface area contributed by atoms with E-state index in [2.05, 4.69) is 9.88 Å². The van der Waals surface area contributed by atoms with Gasteiger partial charge in [-0.05, 0) is 31.9 Å². The molecular weight excluding hydrogens is 268 g/mol. The van der Waals surface area contributed by atoms with E-state index < -0.39 is 5.97 Å². The lowest BCUT2D eigenvalue weighted by molar-refractivity contribution is -0.146. The SMILES string of the molecule is Cc1cccc(CN2CC(C(=O)O)C3(CCOCC3)C2)n1. The van der Waals surface area contributed by atoms with Crippen LogP contribution in [-0.4, -0.2) is 47.3 Å². The number of rotatable bonds is 3. The molecule has 0 amide bonds. The van der Waals surface area contributed by atoms with Gasteiger partial charge >= 0.3 is 5.97 Å². The van der Waals surface area contributed by atoms with Crippen LogP contribution in [0.5, 0.6) is 0 Å². The topological polar surface area (TPSA) is 62.7 Å². The number of carboxylic acid groups (broad SMARTS) is 1. The van der Waals surface area contributed by atoms with Crippen LogP contribution >= 0.6 is 0 Å². The molecule has 0 radical (unpaired) electrons. The van der Waals surface area contributed by atoms with Crippen molar-refractivity contribution >= 4 is 5.97 Å². The summed E-state index contributed by atoms with van der Waals surface area (Å²) in [6, 6.07) is 6.00. The summed E-state index contributed by atoms with van der Waals surface area (Å²) in [5.41, 5.74) is 1.90. The average Bonchev–Trinajstić information content (AvgIpc) is 2.78. The van der Waals surface area contributed by atoms with E-state index in [9.17, 15) is 9.90 Å². The Bertz CT molecular complexity index is 526. The Morgan fingerprint density at radius 2 is 2.24 bits per heavy atom. The van der Waals surface area contributed by atoms with Gasteiger partial charge in [0.15, 0.2) is 0 Å². The molecule has 5 nitrogen and oxygen atoms in total. The van der Waals surface area contributed by atoms with Gasteiger partial charge in [-0.3, -0.25) is 14.7 Å². The molecule has 2 saturated heterocycles. The van der Waals surface area contributed by atoms with E-state index >= 15 is 0 Å². The molecule has 5 heteroatoms. The van der Waals surface area contributed by atoms with Crippen LogP contribution in [0.4, 0.5) is 0 Å². The average molecular weight is 290 g/mol. The van der Waals surface area contributed by atoms with Gasteiger partial charge in [0.25, 0.3) is 0 Å². The summed E-state index contributed by atoms with van der Waals surface area (Å²) in [4.78, 5) is 18.4. The van der Waals surface area contributed by atoms with Crippen LogP contribution in [0.25, 0.3) is 0 Å². The molecule has 0 saturated carbocycles. The highest BCUT2D eigenvalue weighted by Crippen LogP contribution is 2.44. The summed E-state index contributed by atoms with van der Waals surface area (Å²) >= 11 is 0. The van der Waals surface area contributed by atoms with E-state index in [1.54, 1.807) is 0 Å². The molecule has 21 heavy (non-hydrogen) atoms. The second-order valence-corrected chi connectivity index (χ2v) is 6.31. The van der Waals surface area contributed by atoms with Crippen molar-refractivity contribution in [3.63, 3.8) is 0 Å². The normalized spacial score (nSPS) is 25.3. The lowest BCUT2D eigenvalue weighted by Gasteiger charge is -2.36. The van der Waals surface area contributed by atoms with Crippen LogP contribution in [0.1, 0.15) is 24.2 Å². The van der Waals surface area contributed by atoms with Gasteiger partial charge in [0.1, 0.15) is 0 Å². The largest absolute Gasteiger partial charge is 0.481 e. The van der Waals surface area contributed by atoms with Gasteiger partial charge in [-0.1, -0.05) is 6.07 Å². The Kier molecular flexibility index (Phi) is 3.95. The summed E-state index contributed by atoms with van der Waals surface area (Å²) in [6.45, 7) is 5.52. The van der Waals surface area contributed by atoms with E-state index in [1.807, 2.05) is 25.1 Å². The number of hydrogen-bond donors (Lipinski definition) is 1. The van der Waals surface area contributed by atoms with Gasteiger partial charge < -0.3 is 9.84 Å². The van der Waals surface area contributed by atoms with Crippen LogP contribution in [-0.2, 0) is 16.1 Å². The van der Waals surface area contributed by atoms with Crippen molar-refractivity contribution < 1.29 is 14.6 Å². The van der Waals surface area contributed by atoms with Gasteiger partial charge in [0, 0.05) is 44.0 Å². The molecule has 1 aromatic heterocycles. The highest BCUT2D eigenvalue weighted by atomic mass is 16.5. The summed E-state index contributed by atoms with van der Waals surface area (Å²) in [5.74, 6) is -0.956. The number of carbonyl (C=O) groups is 1. The number of carboxylic acids is 1. The third-order valence-electron chi connectivity index (χ3n) is 4.84. The molecule has 3 rings (SSSR count). The Labute approximate surface area is 124 Å². The molecule has 2 aliphatic heterocycles. The fraction of sp³-hybridized carbons (Fsp3) is 0.625. The summed E-state index contributed by atoms with van der Waals surface area (Å²) in [5, 5.41) is 9.58. The first kappa shape index (κ1) is 14.5. The van der Waals surface area contributed by atoms with Gasteiger partial charge in [-0.2, -0.15) is 0 Å². The van der Waals surface area contributed by atoms with E-state index in [0.717, 1.165) is 37.3 Å². The van der Waals surface area contributed by atoms with Gasteiger partial charge in [-0.25, -0.2) is 0 Å². The molecule has 2 aliphatic rings. The number of aromatic nitrogens is 1. The fourth-order valence-electron chi connectivity index (χ4n) is 3.73. The molecule has 1 N–H and O–H groups in total. The lowest BCUT2D eigenvalue weighted by Crippen LogP contribution is -2.40. The van der Waals surface area contributed by atoms with Crippen LogP contribution in [0.15, 0.2) is 18.2 Å². The number of aliphatic carboxylic acids is 1. The molecule has 114 valence electrons. The second kappa shape index (κ2) is 5.73. The molecule has 0 aromatic carbocycles. The van der Waals surface area contributed by atoms with Crippen molar-refractivity contribution in [3.05, 3.63) is 29.6 Å². The third kappa shape index (κ3) is 2.94. The van der Waals surface area contributed by atoms with Crippen LogP contribution in [0, 0.1) is 18.3 Å². The van der Waals surface area contributed by atoms with E-state index in [0.29, 0.717) is 19.8 Å². The van der Waals surface area contributed by atoms with Gasteiger partial charge in [0.05, 0.1) is 11.6 Å². The first-order valence-corrected chi connectivity index (χ1v) is 7.54. The Morgan fingerprint density at radius 1 is 1.48 bits per heavy atom. The van der Waals surface area contributed by atoms with Crippen LogP contribution in [0.3, 0.4) is 0 Å². The molecule has 2 fully saturated rings. The first-order chi connectivity index (χ1) is 10.1. The van der Waals surface area contributed by atoms with Crippen LogP contribution in [0.2, 0.25) is 0 Å². The predicted octanol–water partition coefficient (Wildman–Crippen LogP) is 1.70. The zero-order valence-electron chi connectivity index (χ0n) is 12.4. The van der Waals surface area contributed by atoms with Gasteiger partial charge in [0.2, 0.25) is 0 Å². The number of hydrogen-bond acceptors (Lipinski definition) is 4.